The second-order valence-corrected chi connectivity index (χ2v) is 4.65. The number of carbonyl (C=O) groups excluding carboxylic acids is 1. The van der Waals surface area contributed by atoms with Crippen molar-refractivity contribution in [1.82, 2.24) is 4.90 Å². The quantitative estimate of drug-likeness (QED) is 0.474. The van der Waals surface area contributed by atoms with Gasteiger partial charge < -0.3 is 14.4 Å². The summed E-state index contributed by atoms with van der Waals surface area (Å²) in [5.74, 6) is 0.876. The summed E-state index contributed by atoms with van der Waals surface area (Å²) in [7, 11) is 4.85. The van der Waals surface area contributed by atoms with Crippen molar-refractivity contribution in [3.05, 3.63) is 52.6 Å². The second kappa shape index (κ2) is 6.26. The molecular weight excluding hydrogens is 268 g/mol. The number of rotatable bonds is 5. The molecule has 0 spiro atoms. The number of hydrogen-bond acceptors (Lipinski definition) is 4. The van der Waals surface area contributed by atoms with E-state index < -0.39 is 0 Å². The first-order valence-electron chi connectivity index (χ1n) is 6.46. The minimum Gasteiger partial charge on any atom is -0.491 e. The number of amides is 1. The fourth-order valence-electron chi connectivity index (χ4n) is 2.23. The topological polar surface area (TPSA) is 51.1 Å². The van der Waals surface area contributed by atoms with E-state index in [0.717, 1.165) is 16.7 Å². The molecule has 0 saturated heterocycles. The highest BCUT2D eigenvalue weighted by molar-refractivity contribution is 5.98. The molecule has 0 N–H and O–H groups in total. The molecule has 110 valence electrons. The number of fused-ring (bicyclic) bond motifs is 1. The third kappa shape index (κ3) is 2.97. The number of carbonyl (C=O) groups is 1. The van der Waals surface area contributed by atoms with Gasteiger partial charge in [0.25, 0.3) is 11.8 Å². The Balaban J connectivity index is 2.27. The van der Waals surface area contributed by atoms with E-state index in [1.165, 1.54) is 7.11 Å². The molecule has 0 aromatic heterocycles. The normalized spacial score (nSPS) is 15.0. The van der Waals surface area contributed by atoms with Crippen molar-refractivity contribution in [2.24, 2.45) is 4.99 Å². The molecule has 2 rings (SSSR count). The Morgan fingerprint density at radius 1 is 1.38 bits per heavy atom. The molecule has 21 heavy (non-hydrogen) atoms. The summed E-state index contributed by atoms with van der Waals surface area (Å²) in [5, 5.41) is 0. The summed E-state index contributed by atoms with van der Waals surface area (Å²) in [6, 6.07) is 5.74. The number of benzene rings is 1. The first-order valence-corrected chi connectivity index (χ1v) is 6.46. The molecular formula is C16H18N2O3. The van der Waals surface area contributed by atoms with Crippen LogP contribution in [0.5, 0.6) is 0 Å². The SMILES string of the molecule is C=N/C(OC)=C(\C=C\c1ccc2c(c1)CN(C)C2=O)OC. The van der Waals surface area contributed by atoms with Crippen molar-refractivity contribution < 1.29 is 14.3 Å². The van der Waals surface area contributed by atoms with E-state index in [2.05, 4.69) is 11.7 Å². The van der Waals surface area contributed by atoms with Crippen molar-refractivity contribution in [3.63, 3.8) is 0 Å². The lowest BCUT2D eigenvalue weighted by Crippen LogP contribution is -2.17. The number of ether oxygens (including phenoxy) is 2. The Bertz CT molecular complexity index is 632. The van der Waals surface area contributed by atoms with Gasteiger partial charge in [0.05, 0.1) is 14.2 Å². The Labute approximate surface area is 124 Å². The highest BCUT2D eigenvalue weighted by atomic mass is 16.5. The van der Waals surface area contributed by atoms with Gasteiger partial charge in [0.15, 0.2) is 5.76 Å². The Hall–Kier alpha value is -2.56. The van der Waals surface area contributed by atoms with Gasteiger partial charge in [-0.25, -0.2) is 4.99 Å². The monoisotopic (exact) mass is 286 g/mol. The van der Waals surface area contributed by atoms with Gasteiger partial charge >= 0.3 is 0 Å². The summed E-state index contributed by atoms with van der Waals surface area (Å²) < 4.78 is 10.3. The molecule has 1 heterocycles. The lowest BCUT2D eigenvalue weighted by molar-refractivity contribution is 0.0816. The van der Waals surface area contributed by atoms with Gasteiger partial charge in [0.2, 0.25) is 0 Å². The highest BCUT2D eigenvalue weighted by Gasteiger charge is 2.23. The first-order chi connectivity index (χ1) is 10.1. The lowest BCUT2D eigenvalue weighted by atomic mass is 10.1. The summed E-state index contributed by atoms with van der Waals surface area (Å²) >= 11 is 0. The third-order valence-electron chi connectivity index (χ3n) is 3.31. The average molecular weight is 286 g/mol. The van der Waals surface area contributed by atoms with Crippen LogP contribution in [0.25, 0.3) is 6.08 Å². The van der Waals surface area contributed by atoms with E-state index >= 15 is 0 Å². The molecule has 5 nitrogen and oxygen atoms in total. The van der Waals surface area contributed by atoms with Crippen molar-refractivity contribution in [2.75, 3.05) is 21.3 Å². The van der Waals surface area contributed by atoms with Crippen LogP contribution in [0.15, 0.2) is 40.9 Å². The van der Waals surface area contributed by atoms with E-state index in [0.29, 0.717) is 18.2 Å². The molecule has 1 aromatic rings. The maximum atomic E-state index is 11.8. The smallest absolute Gasteiger partial charge is 0.256 e. The summed E-state index contributed by atoms with van der Waals surface area (Å²) in [5.41, 5.74) is 2.77. The first kappa shape index (κ1) is 14.8. The predicted octanol–water partition coefficient (Wildman–Crippen LogP) is 2.45. The Morgan fingerprint density at radius 2 is 2.14 bits per heavy atom. The summed E-state index contributed by atoms with van der Waals surface area (Å²) in [4.78, 5) is 17.3. The molecule has 1 aromatic carbocycles. The fourth-order valence-corrected chi connectivity index (χ4v) is 2.23. The van der Waals surface area contributed by atoms with E-state index in [-0.39, 0.29) is 5.91 Å². The molecule has 0 bridgehead atoms. The lowest BCUT2D eigenvalue weighted by Gasteiger charge is -2.05. The number of hydrogen-bond donors (Lipinski definition) is 0. The third-order valence-corrected chi connectivity index (χ3v) is 3.31. The van der Waals surface area contributed by atoms with Crippen LogP contribution in [0.2, 0.25) is 0 Å². The van der Waals surface area contributed by atoms with Gasteiger partial charge in [-0.2, -0.15) is 0 Å². The summed E-state index contributed by atoms with van der Waals surface area (Å²) in [6.07, 6.45) is 3.64. The number of allylic oxidation sites excluding steroid dienone is 1. The fraction of sp³-hybridized carbons (Fsp3) is 0.250. The van der Waals surface area contributed by atoms with Crippen molar-refractivity contribution >= 4 is 18.7 Å². The zero-order valence-corrected chi connectivity index (χ0v) is 12.4. The van der Waals surface area contributed by atoms with Crippen molar-refractivity contribution in [1.29, 1.82) is 0 Å². The maximum absolute atomic E-state index is 11.8. The van der Waals surface area contributed by atoms with Gasteiger partial charge in [-0.1, -0.05) is 12.1 Å². The number of nitrogens with zero attached hydrogens (tertiary/aromatic N) is 2. The minimum atomic E-state index is 0.0653. The molecule has 1 amide bonds. The number of aliphatic imine (C=N–C) groups is 1. The van der Waals surface area contributed by atoms with Crippen LogP contribution in [0.4, 0.5) is 0 Å². The van der Waals surface area contributed by atoms with Crippen LogP contribution in [-0.2, 0) is 16.0 Å². The standard InChI is InChI=1S/C16H18N2O3/c1-17-15(21-4)14(20-3)8-6-11-5-7-13-12(9-11)10-18(2)16(13)19/h5-9H,1,10H2,2-4H3/b8-6+,15-14-. The van der Waals surface area contributed by atoms with Gasteiger partial charge in [0, 0.05) is 19.2 Å². The highest BCUT2D eigenvalue weighted by Crippen LogP contribution is 2.23. The van der Waals surface area contributed by atoms with Crippen LogP contribution in [0, 0.1) is 0 Å². The average Bonchev–Trinajstić information content (AvgIpc) is 2.78. The van der Waals surface area contributed by atoms with Crippen LogP contribution < -0.4 is 0 Å². The van der Waals surface area contributed by atoms with Gasteiger partial charge in [-0.05, 0) is 36.1 Å². The minimum absolute atomic E-state index is 0.0653. The Kier molecular flexibility index (Phi) is 4.42. The molecule has 1 aliphatic rings. The summed E-state index contributed by atoms with van der Waals surface area (Å²) in [6.45, 7) is 4.07. The van der Waals surface area contributed by atoms with Gasteiger partial charge in [0.1, 0.15) is 0 Å². The predicted molar refractivity (Wildman–Crippen MR) is 81.9 cm³/mol. The van der Waals surface area contributed by atoms with Crippen molar-refractivity contribution in [2.45, 2.75) is 6.54 Å². The van der Waals surface area contributed by atoms with Crippen LogP contribution >= 0.6 is 0 Å². The van der Waals surface area contributed by atoms with Crippen molar-refractivity contribution in [3.8, 4) is 0 Å². The molecule has 1 aliphatic heterocycles. The Morgan fingerprint density at radius 3 is 2.76 bits per heavy atom. The zero-order chi connectivity index (χ0) is 15.4. The maximum Gasteiger partial charge on any atom is 0.256 e. The van der Waals surface area contributed by atoms with E-state index in [9.17, 15) is 4.79 Å². The molecule has 0 aliphatic carbocycles. The number of methoxy groups -OCH3 is 2. The zero-order valence-electron chi connectivity index (χ0n) is 12.4. The van der Waals surface area contributed by atoms with Crippen LogP contribution in [0.3, 0.4) is 0 Å². The van der Waals surface area contributed by atoms with Crippen LogP contribution in [-0.4, -0.2) is 38.8 Å². The molecule has 0 unspecified atom stereocenters. The second-order valence-electron chi connectivity index (χ2n) is 4.65. The molecule has 0 fully saturated rings. The largest absolute Gasteiger partial charge is 0.491 e. The van der Waals surface area contributed by atoms with E-state index in [1.54, 1.807) is 25.1 Å². The van der Waals surface area contributed by atoms with E-state index in [4.69, 9.17) is 9.47 Å². The molecule has 0 atom stereocenters. The molecule has 5 heteroatoms. The molecule has 0 radical (unpaired) electrons. The van der Waals surface area contributed by atoms with Gasteiger partial charge in [-0.3, -0.25) is 4.79 Å². The van der Waals surface area contributed by atoms with Gasteiger partial charge in [-0.15, -0.1) is 0 Å². The molecule has 0 saturated carbocycles. The van der Waals surface area contributed by atoms with Crippen LogP contribution in [0.1, 0.15) is 21.5 Å². The van der Waals surface area contributed by atoms with E-state index in [1.807, 2.05) is 24.3 Å².